The largest absolute Gasteiger partial charge is 0.497 e. The van der Waals surface area contributed by atoms with Crippen LogP contribution in [0.2, 0.25) is 5.02 Å². The van der Waals surface area contributed by atoms with E-state index in [0.717, 1.165) is 28.0 Å². The smallest absolute Gasteiger partial charge is 0.178 e. The minimum atomic E-state index is -0.155. The average molecular weight is 461 g/mol. The molecule has 0 aromatic heterocycles. The van der Waals surface area contributed by atoms with E-state index in [9.17, 15) is 4.79 Å². The number of benzene rings is 3. The van der Waals surface area contributed by atoms with Crippen molar-refractivity contribution in [2.24, 2.45) is 0 Å². The molecular formula is C28H25ClO4. The predicted octanol–water partition coefficient (Wildman–Crippen LogP) is 6.83. The lowest BCUT2D eigenvalue weighted by molar-refractivity contribution is -0.110. The summed E-state index contributed by atoms with van der Waals surface area (Å²) in [4.78, 5) is 12.4. The van der Waals surface area contributed by atoms with Gasteiger partial charge in [-0.2, -0.15) is 0 Å². The molecule has 3 aromatic carbocycles. The number of ether oxygens (including phenoxy) is 3. The number of rotatable bonds is 9. The standard InChI is InChI=1S/C28H25ClO4/c1-31-25-14-9-20(10-15-25)7-11-22-18-26(32-2)19-28(33-3)27(22)16-13-24(30)12-8-21-5-4-6-23(29)17-21/h4-19H,1-3H3/b11-7+,12-8+,16-13+. The van der Waals surface area contributed by atoms with Crippen molar-refractivity contribution in [3.05, 3.63) is 100 Å². The molecule has 0 saturated heterocycles. The van der Waals surface area contributed by atoms with Crippen LogP contribution in [0.3, 0.4) is 0 Å². The molecule has 0 N–H and O–H groups in total. The molecule has 33 heavy (non-hydrogen) atoms. The Morgan fingerprint density at radius 3 is 2.12 bits per heavy atom. The molecule has 0 atom stereocenters. The average Bonchev–Trinajstić information content (AvgIpc) is 2.85. The van der Waals surface area contributed by atoms with E-state index in [0.29, 0.717) is 16.5 Å². The molecular weight excluding hydrogens is 436 g/mol. The second kappa shape index (κ2) is 11.7. The van der Waals surface area contributed by atoms with Gasteiger partial charge in [0.2, 0.25) is 0 Å². The van der Waals surface area contributed by atoms with Gasteiger partial charge >= 0.3 is 0 Å². The molecule has 0 radical (unpaired) electrons. The number of methoxy groups -OCH3 is 3. The third-order valence-electron chi connectivity index (χ3n) is 4.88. The van der Waals surface area contributed by atoms with Crippen molar-refractivity contribution in [3.8, 4) is 17.2 Å². The molecule has 0 saturated carbocycles. The summed E-state index contributed by atoms with van der Waals surface area (Å²) >= 11 is 6.00. The van der Waals surface area contributed by atoms with Crippen LogP contribution >= 0.6 is 11.6 Å². The first kappa shape index (κ1) is 23.9. The van der Waals surface area contributed by atoms with Crippen molar-refractivity contribution in [2.75, 3.05) is 21.3 Å². The number of carbonyl (C=O) groups is 1. The fraction of sp³-hybridized carbons (Fsp3) is 0.107. The van der Waals surface area contributed by atoms with Gasteiger partial charge in [-0.1, -0.05) is 54.1 Å². The maximum atomic E-state index is 12.4. The van der Waals surface area contributed by atoms with E-state index in [1.54, 1.807) is 51.7 Å². The second-order valence-corrected chi connectivity index (χ2v) is 7.50. The van der Waals surface area contributed by atoms with E-state index < -0.39 is 0 Å². The first-order valence-corrected chi connectivity index (χ1v) is 10.6. The van der Waals surface area contributed by atoms with Gasteiger partial charge in [0.05, 0.1) is 21.3 Å². The van der Waals surface area contributed by atoms with Crippen LogP contribution in [0.1, 0.15) is 22.3 Å². The summed E-state index contributed by atoms with van der Waals surface area (Å²) in [5.41, 5.74) is 3.49. The maximum absolute atomic E-state index is 12.4. The summed E-state index contributed by atoms with van der Waals surface area (Å²) < 4.78 is 16.2. The minimum absolute atomic E-state index is 0.155. The number of hydrogen-bond donors (Lipinski definition) is 0. The predicted molar refractivity (Wildman–Crippen MR) is 136 cm³/mol. The van der Waals surface area contributed by atoms with Crippen molar-refractivity contribution in [1.82, 2.24) is 0 Å². The van der Waals surface area contributed by atoms with Gasteiger partial charge in [0, 0.05) is 16.7 Å². The van der Waals surface area contributed by atoms with Crippen LogP contribution in [0.15, 0.2) is 72.8 Å². The van der Waals surface area contributed by atoms with Crippen LogP contribution in [0.4, 0.5) is 0 Å². The van der Waals surface area contributed by atoms with Crippen molar-refractivity contribution < 1.29 is 19.0 Å². The zero-order valence-corrected chi connectivity index (χ0v) is 19.5. The van der Waals surface area contributed by atoms with Gasteiger partial charge in [0.25, 0.3) is 0 Å². The lowest BCUT2D eigenvalue weighted by atomic mass is 10.0. The molecule has 0 spiro atoms. The highest BCUT2D eigenvalue weighted by Gasteiger charge is 2.09. The van der Waals surface area contributed by atoms with E-state index in [-0.39, 0.29) is 5.78 Å². The molecule has 0 aliphatic heterocycles. The normalized spacial score (nSPS) is 11.4. The molecule has 0 bridgehead atoms. The Morgan fingerprint density at radius 1 is 0.727 bits per heavy atom. The number of ketones is 1. The first-order valence-electron chi connectivity index (χ1n) is 10.3. The summed E-state index contributed by atoms with van der Waals surface area (Å²) in [6.07, 6.45) is 10.4. The third-order valence-corrected chi connectivity index (χ3v) is 5.11. The van der Waals surface area contributed by atoms with Gasteiger partial charge in [-0.25, -0.2) is 0 Å². The molecule has 0 aliphatic rings. The topological polar surface area (TPSA) is 44.8 Å². The summed E-state index contributed by atoms with van der Waals surface area (Å²) in [6, 6.07) is 18.7. The Kier molecular flexibility index (Phi) is 8.50. The Labute approximate surface area is 199 Å². The zero-order valence-electron chi connectivity index (χ0n) is 18.7. The molecule has 3 rings (SSSR count). The lowest BCUT2D eigenvalue weighted by Gasteiger charge is -2.11. The highest BCUT2D eigenvalue weighted by Crippen LogP contribution is 2.31. The molecule has 0 amide bonds. The molecule has 0 unspecified atom stereocenters. The number of allylic oxidation sites excluding steroid dienone is 2. The van der Waals surface area contributed by atoms with Crippen molar-refractivity contribution in [1.29, 1.82) is 0 Å². The molecule has 0 heterocycles. The molecule has 0 aliphatic carbocycles. The van der Waals surface area contributed by atoms with Crippen LogP contribution in [-0.2, 0) is 4.79 Å². The van der Waals surface area contributed by atoms with E-state index >= 15 is 0 Å². The van der Waals surface area contributed by atoms with E-state index in [1.807, 2.05) is 54.6 Å². The SMILES string of the molecule is COc1ccc(/C=C/c2cc(OC)cc(OC)c2/C=C/C(=O)/C=C/c2cccc(Cl)c2)cc1. The van der Waals surface area contributed by atoms with Gasteiger partial charge in [0.15, 0.2) is 5.78 Å². The molecule has 168 valence electrons. The van der Waals surface area contributed by atoms with Crippen molar-refractivity contribution in [2.45, 2.75) is 0 Å². The van der Waals surface area contributed by atoms with Crippen LogP contribution in [0.25, 0.3) is 24.3 Å². The van der Waals surface area contributed by atoms with Gasteiger partial charge in [0.1, 0.15) is 17.2 Å². The van der Waals surface area contributed by atoms with Crippen LogP contribution in [0, 0.1) is 0 Å². The summed E-state index contributed by atoms with van der Waals surface area (Å²) in [6.45, 7) is 0. The first-order chi connectivity index (χ1) is 16.0. The maximum Gasteiger partial charge on any atom is 0.178 e. The van der Waals surface area contributed by atoms with Crippen molar-refractivity contribution >= 4 is 41.7 Å². The van der Waals surface area contributed by atoms with Gasteiger partial charge in [-0.3, -0.25) is 4.79 Å². The Bertz CT molecular complexity index is 1190. The highest BCUT2D eigenvalue weighted by molar-refractivity contribution is 6.30. The Balaban J connectivity index is 1.88. The fourth-order valence-corrected chi connectivity index (χ4v) is 3.33. The summed E-state index contributed by atoms with van der Waals surface area (Å²) in [7, 11) is 4.83. The van der Waals surface area contributed by atoms with E-state index in [4.69, 9.17) is 25.8 Å². The highest BCUT2D eigenvalue weighted by atomic mass is 35.5. The third kappa shape index (κ3) is 6.86. The van der Waals surface area contributed by atoms with Crippen molar-refractivity contribution in [3.63, 3.8) is 0 Å². The quantitative estimate of drug-likeness (QED) is 0.259. The molecule has 4 nitrogen and oxygen atoms in total. The van der Waals surface area contributed by atoms with E-state index in [2.05, 4.69) is 0 Å². The monoisotopic (exact) mass is 460 g/mol. The van der Waals surface area contributed by atoms with E-state index in [1.165, 1.54) is 12.2 Å². The zero-order chi connectivity index (χ0) is 23.6. The van der Waals surface area contributed by atoms with Crippen LogP contribution < -0.4 is 14.2 Å². The Hall–Kier alpha value is -3.76. The number of carbonyl (C=O) groups excluding carboxylic acids is 1. The molecule has 0 fully saturated rings. The molecule has 3 aromatic rings. The lowest BCUT2D eigenvalue weighted by Crippen LogP contribution is -1.94. The van der Waals surface area contributed by atoms with Crippen LogP contribution in [-0.4, -0.2) is 27.1 Å². The minimum Gasteiger partial charge on any atom is -0.497 e. The van der Waals surface area contributed by atoms with Crippen LogP contribution in [0.5, 0.6) is 17.2 Å². The summed E-state index contributed by atoms with van der Waals surface area (Å²) in [5.74, 6) is 1.90. The van der Waals surface area contributed by atoms with Gasteiger partial charge < -0.3 is 14.2 Å². The Morgan fingerprint density at radius 2 is 1.45 bits per heavy atom. The fourth-order valence-electron chi connectivity index (χ4n) is 3.14. The number of halogens is 1. The number of hydrogen-bond acceptors (Lipinski definition) is 4. The van der Waals surface area contributed by atoms with Gasteiger partial charge in [-0.15, -0.1) is 0 Å². The summed E-state index contributed by atoms with van der Waals surface area (Å²) in [5, 5.41) is 0.622. The molecule has 5 heteroatoms. The van der Waals surface area contributed by atoms with Gasteiger partial charge in [-0.05, 0) is 65.3 Å². The second-order valence-electron chi connectivity index (χ2n) is 7.06.